The molecule has 0 spiro atoms. The minimum absolute atomic E-state index is 0.270. The lowest BCUT2D eigenvalue weighted by Crippen LogP contribution is -2.53. The van der Waals surface area contributed by atoms with Gasteiger partial charge in [0.1, 0.15) is 0 Å². The Labute approximate surface area is 114 Å². The third-order valence-corrected chi connectivity index (χ3v) is 3.60. The summed E-state index contributed by atoms with van der Waals surface area (Å²) in [5.41, 5.74) is 1.26. The van der Waals surface area contributed by atoms with Gasteiger partial charge >= 0.3 is 0 Å². The van der Waals surface area contributed by atoms with Gasteiger partial charge in [0.05, 0.1) is 5.69 Å². The highest BCUT2D eigenvalue weighted by atomic mass is 35.5. The van der Waals surface area contributed by atoms with Crippen molar-refractivity contribution in [3.63, 3.8) is 0 Å². The molecule has 0 atom stereocenters. The van der Waals surface area contributed by atoms with Gasteiger partial charge < -0.3 is 0 Å². The molecule has 0 saturated carbocycles. The van der Waals surface area contributed by atoms with Crippen molar-refractivity contribution >= 4 is 11.6 Å². The largest absolute Gasteiger partial charge is 0.296 e. The normalized spacial score (nSPS) is 19.1. The van der Waals surface area contributed by atoms with Gasteiger partial charge in [0.15, 0.2) is 5.15 Å². The molecule has 100 valence electrons. The molecule has 0 unspecified atom stereocenters. The van der Waals surface area contributed by atoms with Crippen molar-refractivity contribution in [1.82, 2.24) is 20.0 Å². The van der Waals surface area contributed by atoms with E-state index >= 15 is 0 Å². The summed E-state index contributed by atoms with van der Waals surface area (Å²) < 4.78 is 0. The van der Waals surface area contributed by atoms with E-state index in [2.05, 4.69) is 40.8 Å². The summed E-state index contributed by atoms with van der Waals surface area (Å²) in [6.07, 6.45) is 0. The fourth-order valence-corrected chi connectivity index (χ4v) is 2.33. The molecule has 1 aliphatic rings. The van der Waals surface area contributed by atoms with Crippen LogP contribution in [0.2, 0.25) is 5.15 Å². The number of hydrogen-bond donors (Lipinski definition) is 0. The Morgan fingerprint density at radius 2 is 1.78 bits per heavy atom. The van der Waals surface area contributed by atoms with E-state index in [1.54, 1.807) is 6.07 Å². The van der Waals surface area contributed by atoms with Crippen LogP contribution in [-0.2, 0) is 6.54 Å². The molecule has 1 fully saturated rings. The summed E-state index contributed by atoms with van der Waals surface area (Å²) in [4.78, 5) is 4.94. The Morgan fingerprint density at radius 3 is 2.28 bits per heavy atom. The van der Waals surface area contributed by atoms with Crippen LogP contribution in [0.25, 0.3) is 0 Å². The molecular formula is C13H21ClN4. The fraction of sp³-hybridized carbons (Fsp3) is 0.692. The van der Waals surface area contributed by atoms with E-state index in [0.29, 0.717) is 5.15 Å². The Hall–Kier alpha value is -0.710. The molecule has 0 aliphatic carbocycles. The van der Waals surface area contributed by atoms with Gasteiger partial charge in [0.2, 0.25) is 0 Å². The summed E-state index contributed by atoms with van der Waals surface area (Å²) in [5.74, 6) is 0. The molecule has 2 heterocycles. The average molecular weight is 269 g/mol. The second kappa shape index (κ2) is 5.51. The van der Waals surface area contributed by atoms with Crippen molar-refractivity contribution in [1.29, 1.82) is 0 Å². The third-order valence-electron chi connectivity index (χ3n) is 3.39. The van der Waals surface area contributed by atoms with Crippen molar-refractivity contribution in [2.45, 2.75) is 32.9 Å². The lowest BCUT2D eigenvalue weighted by Gasteiger charge is -2.42. The lowest BCUT2D eigenvalue weighted by molar-refractivity contribution is 0.0584. The maximum absolute atomic E-state index is 5.73. The van der Waals surface area contributed by atoms with E-state index in [1.807, 2.05) is 6.07 Å². The Morgan fingerprint density at radius 1 is 1.11 bits per heavy atom. The minimum atomic E-state index is 0.270. The number of rotatable bonds is 2. The maximum atomic E-state index is 5.73. The number of halogens is 1. The summed E-state index contributed by atoms with van der Waals surface area (Å²) in [7, 11) is 0. The number of nitrogens with zero attached hydrogens (tertiary/aromatic N) is 4. The minimum Gasteiger partial charge on any atom is -0.296 e. The fourth-order valence-electron chi connectivity index (χ4n) is 2.23. The smallest absolute Gasteiger partial charge is 0.151 e. The third kappa shape index (κ3) is 3.64. The van der Waals surface area contributed by atoms with E-state index in [-0.39, 0.29) is 5.54 Å². The van der Waals surface area contributed by atoms with Crippen LogP contribution in [0.3, 0.4) is 0 Å². The van der Waals surface area contributed by atoms with Gasteiger partial charge in [-0.3, -0.25) is 9.80 Å². The molecule has 1 aromatic heterocycles. The first-order chi connectivity index (χ1) is 8.45. The highest BCUT2D eigenvalue weighted by Crippen LogP contribution is 2.16. The number of aromatic nitrogens is 2. The van der Waals surface area contributed by atoms with Crippen LogP contribution in [0.4, 0.5) is 0 Å². The number of piperazine rings is 1. The van der Waals surface area contributed by atoms with E-state index in [1.165, 1.54) is 0 Å². The standard InChI is InChI=1S/C13H21ClN4/c1-13(2,3)18-8-6-17(7-9-18)10-11-4-5-12(14)16-15-11/h4-5H,6-10H2,1-3H3. The van der Waals surface area contributed by atoms with Crippen LogP contribution in [0, 0.1) is 0 Å². The first-order valence-corrected chi connectivity index (χ1v) is 6.78. The van der Waals surface area contributed by atoms with Crippen molar-refractivity contribution < 1.29 is 0 Å². The molecule has 0 N–H and O–H groups in total. The van der Waals surface area contributed by atoms with Crippen LogP contribution in [0.5, 0.6) is 0 Å². The first-order valence-electron chi connectivity index (χ1n) is 6.41. The zero-order valence-electron chi connectivity index (χ0n) is 11.4. The van der Waals surface area contributed by atoms with Gasteiger partial charge in [-0.15, -0.1) is 5.10 Å². The first kappa shape index (κ1) is 13.7. The van der Waals surface area contributed by atoms with E-state index in [9.17, 15) is 0 Å². The molecule has 1 aromatic rings. The Kier molecular flexibility index (Phi) is 4.20. The summed E-state index contributed by atoms with van der Waals surface area (Å²) in [6, 6.07) is 3.75. The highest BCUT2D eigenvalue weighted by Gasteiger charge is 2.25. The van der Waals surface area contributed by atoms with Gasteiger partial charge in [0.25, 0.3) is 0 Å². The van der Waals surface area contributed by atoms with Crippen LogP contribution in [0.1, 0.15) is 26.5 Å². The molecule has 1 aliphatic heterocycles. The van der Waals surface area contributed by atoms with Crippen LogP contribution >= 0.6 is 11.6 Å². The van der Waals surface area contributed by atoms with E-state index in [4.69, 9.17) is 11.6 Å². The lowest BCUT2D eigenvalue weighted by atomic mass is 10.0. The monoisotopic (exact) mass is 268 g/mol. The van der Waals surface area contributed by atoms with Crippen molar-refractivity contribution in [3.8, 4) is 0 Å². The predicted molar refractivity (Wildman–Crippen MR) is 73.6 cm³/mol. The highest BCUT2D eigenvalue weighted by molar-refractivity contribution is 6.29. The van der Waals surface area contributed by atoms with Gasteiger partial charge in [-0.2, -0.15) is 5.10 Å². The van der Waals surface area contributed by atoms with Crippen LogP contribution < -0.4 is 0 Å². The van der Waals surface area contributed by atoms with Gasteiger partial charge in [0, 0.05) is 38.3 Å². The Bertz CT molecular complexity index is 377. The zero-order valence-corrected chi connectivity index (χ0v) is 12.1. The molecule has 0 aromatic carbocycles. The molecule has 4 nitrogen and oxygen atoms in total. The van der Waals surface area contributed by atoms with Gasteiger partial charge in [-0.1, -0.05) is 11.6 Å². The van der Waals surface area contributed by atoms with Crippen LogP contribution in [-0.4, -0.2) is 51.7 Å². The quantitative estimate of drug-likeness (QED) is 0.822. The average Bonchev–Trinajstić information content (AvgIpc) is 2.32. The molecule has 0 bridgehead atoms. The van der Waals surface area contributed by atoms with Crippen molar-refractivity contribution in [2.24, 2.45) is 0 Å². The van der Waals surface area contributed by atoms with Crippen molar-refractivity contribution in [2.75, 3.05) is 26.2 Å². The number of hydrogen-bond acceptors (Lipinski definition) is 4. The van der Waals surface area contributed by atoms with E-state index < -0.39 is 0 Å². The van der Waals surface area contributed by atoms with Crippen LogP contribution in [0.15, 0.2) is 12.1 Å². The topological polar surface area (TPSA) is 32.3 Å². The predicted octanol–water partition coefficient (Wildman–Crippen LogP) is 2.05. The Balaban J connectivity index is 1.85. The second-order valence-corrected chi connectivity index (χ2v) is 6.17. The zero-order chi connectivity index (χ0) is 13.2. The molecular weight excluding hydrogens is 248 g/mol. The van der Waals surface area contributed by atoms with E-state index in [0.717, 1.165) is 38.4 Å². The molecule has 0 amide bonds. The van der Waals surface area contributed by atoms with Crippen molar-refractivity contribution in [3.05, 3.63) is 23.0 Å². The molecule has 2 rings (SSSR count). The molecule has 5 heteroatoms. The summed E-state index contributed by atoms with van der Waals surface area (Å²) in [5, 5.41) is 8.44. The SMILES string of the molecule is CC(C)(C)N1CCN(Cc2ccc(Cl)nn2)CC1. The molecule has 0 radical (unpaired) electrons. The second-order valence-electron chi connectivity index (χ2n) is 5.78. The summed E-state index contributed by atoms with van der Waals surface area (Å²) in [6.45, 7) is 12.1. The molecule has 18 heavy (non-hydrogen) atoms. The molecule has 1 saturated heterocycles. The maximum Gasteiger partial charge on any atom is 0.151 e. The summed E-state index contributed by atoms with van der Waals surface area (Å²) >= 11 is 5.73. The van der Waals surface area contributed by atoms with Gasteiger partial charge in [-0.25, -0.2) is 0 Å². The van der Waals surface area contributed by atoms with Gasteiger partial charge in [-0.05, 0) is 32.9 Å².